The fourth-order valence-electron chi connectivity index (χ4n) is 1.72. The molecule has 0 spiro atoms. The topological polar surface area (TPSA) is 72.2 Å². The van der Waals surface area contributed by atoms with Gasteiger partial charge in [-0.3, -0.25) is 14.3 Å². The molecule has 1 N–H and O–H groups in total. The summed E-state index contributed by atoms with van der Waals surface area (Å²) in [4.78, 5) is 22.0. The van der Waals surface area contributed by atoms with E-state index < -0.39 is 5.97 Å². The van der Waals surface area contributed by atoms with Crippen molar-refractivity contribution in [2.45, 2.75) is 19.4 Å². The molecule has 1 aromatic heterocycles. The van der Waals surface area contributed by atoms with Crippen LogP contribution < -0.4 is 5.43 Å². The molecule has 88 valence electrons. The van der Waals surface area contributed by atoms with E-state index in [1.807, 2.05) is 12.1 Å². The first kappa shape index (κ1) is 11.3. The molecule has 2 rings (SSSR count). The number of carboxylic acid groups (broad SMARTS) is 1. The van der Waals surface area contributed by atoms with Gasteiger partial charge in [0, 0.05) is 18.4 Å². The van der Waals surface area contributed by atoms with Crippen molar-refractivity contribution in [3.63, 3.8) is 0 Å². The van der Waals surface area contributed by atoms with Gasteiger partial charge in [-0.1, -0.05) is 12.1 Å². The summed E-state index contributed by atoms with van der Waals surface area (Å²) in [5, 5.41) is 13.2. The first-order chi connectivity index (χ1) is 8.18. The van der Waals surface area contributed by atoms with Crippen molar-refractivity contribution in [1.82, 2.24) is 9.78 Å². The minimum atomic E-state index is -0.824. The van der Waals surface area contributed by atoms with Gasteiger partial charge in [0.05, 0.1) is 11.7 Å². The average molecular weight is 232 g/mol. The van der Waals surface area contributed by atoms with Gasteiger partial charge in [0.2, 0.25) is 5.43 Å². The van der Waals surface area contributed by atoms with Crippen LogP contribution in [0.1, 0.15) is 12.8 Å². The van der Waals surface area contributed by atoms with E-state index in [-0.39, 0.29) is 11.8 Å². The molecule has 0 radical (unpaired) electrons. The first-order valence-corrected chi connectivity index (χ1v) is 5.35. The molecule has 5 nitrogen and oxygen atoms in total. The number of aromatic nitrogens is 2. The molecule has 0 bridgehead atoms. The minimum absolute atomic E-state index is 0.0993. The predicted octanol–water partition coefficient (Wildman–Crippen LogP) is 1.26. The summed E-state index contributed by atoms with van der Waals surface area (Å²) in [7, 11) is 0. The van der Waals surface area contributed by atoms with E-state index in [1.54, 1.807) is 16.8 Å². The molecule has 0 atom stereocenters. The molecule has 0 fully saturated rings. The Morgan fingerprint density at radius 1 is 1.35 bits per heavy atom. The van der Waals surface area contributed by atoms with Crippen LogP contribution in [0.2, 0.25) is 0 Å². The Morgan fingerprint density at radius 2 is 2.12 bits per heavy atom. The highest BCUT2D eigenvalue weighted by Gasteiger charge is 2.03. The summed E-state index contributed by atoms with van der Waals surface area (Å²) in [6.45, 7) is 0.493. The molecular formula is C12H12N2O3. The number of fused-ring (bicyclic) bond motifs is 1. The van der Waals surface area contributed by atoms with Crippen LogP contribution in [-0.2, 0) is 11.3 Å². The Bertz CT molecular complexity index is 604. The summed E-state index contributed by atoms with van der Waals surface area (Å²) in [6, 6.07) is 7.18. The lowest BCUT2D eigenvalue weighted by atomic mass is 10.2. The van der Waals surface area contributed by atoms with Crippen LogP contribution in [0.5, 0.6) is 0 Å². The number of para-hydroxylation sites is 1. The highest BCUT2D eigenvalue weighted by Crippen LogP contribution is 2.08. The van der Waals surface area contributed by atoms with Crippen LogP contribution in [0.15, 0.2) is 35.3 Å². The van der Waals surface area contributed by atoms with Gasteiger partial charge in [-0.2, -0.15) is 5.10 Å². The summed E-state index contributed by atoms with van der Waals surface area (Å²) in [5.41, 5.74) is 0.625. The lowest BCUT2D eigenvalue weighted by Crippen LogP contribution is -2.13. The Morgan fingerprint density at radius 3 is 2.88 bits per heavy atom. The smallest absolute Gasteiger partial charge is 0.303 e. The molecule has 0 amide bonds. The number of aryl methyl sites for hydroxylation is 1. The van der Waals surface area contributed by atoms with Crippen molar-refractivity contribution >= 4 is 16.9 Å². The van der Waals surface area contributed by atoms with Crippen molar-refractivity contribution in [1.29, 1.82) is 0 Å². The normalized spacial score (nSPS) is 10.6. The molecule has 0 aliphatic heterocycles. The van der Waals surface area contributed by atoms with Gasteiger partial charge in [-0.15, -0.1) is 0 Å². The third-order valence-electron chi connectivity index (χ3n) is 2.52. The fraction of sp³-hybridized carbons (Fsp3) is 0.250. The largest absolute Gasteiger partial charge is 0.481 e. The highest BCUT2D eigenvalue weighted by molar-refractivity contribution is 5.77. The fourth-order valence-corrected chi connectivity index (χ4v) is 1.72. The summed E-state index contributed by atoms with van der Waals surface area (Å²) < 4.78 is 1.67. The molecule has 0 aliphatic rings. The molecule has 0 unspecified atom stereocenters. The van der Waals surface area contributed by atoms with E-state index in [0.29, 0.717) is 18.4 Å². The number of aliphatic carboxylic acids is 1. The molecule has 0 aliphatic carbocycles. The third-order valence-corrected chi connectivity index (χ3v) is 2.52. The number of hydrogen-bond acceptors (Lipinski definition) is 3. The van der Waals surface area contributed by atoms with E-state index in [0.717, 1.165) is 5.52 Å². The quantitative estimate of drug-likeness (QED) is 0.861. The number of carboxylic acids is 1. The Balaban J connectivity index is 2.32. The van der Waals surface area contributed by atoms with Crippen LogP contribution in [0, 0.1) is 0 Å². The van der Waals surface area contributed by atoms with Gasteiger partial charge in [-0.05, 0) is 18.6 Å². The minimum Gasteiger partial charge on any atom is -0.481 e. The summed E-state index contributed by atoms with van der Waals surface area (Å²) in [5.74, 6) is -0.824. The number of benzene rings is 1. The van der Waals surface area contributed by atoms with Gasteiger partial charge in [-0.25, -0.2) is 0 Å². The average Bonchev–Trinajstić information content (AvgIpc) is 2.32. The molecule has 1 aromatic carbocycles. The van der Waals surface area contributed by atoms with Gasteiger partial charge in [0.1, 0.15) is 0 Å². The van der Waals surface area contributed by atoms with Crippen molar-refractivity contribution in [3.05, 3.63) is 40.7 Å². The van der Waals surface area contributed by atoms with E-state index in [2.05, 4.69) is 5.10 Å². The second-order valence-corrected chi connectivity index (χ2v) is 3.75. The lowest BCUT2D eigenvalue weighted by Gasteiger charge is -2.07. The first-order valence-electron chi connectivity index (χ1n) is 5.35. The maximum Gasteiger partial charge on any atom is 0.303 e. The number of hydrogen-bond donors (Lipinski definition) is 1. The van der Waals surface area contributed by atoms with Crippen LogP contribution in [0.4, 0.5) is 0 Å². The van der Waals surface area contributed by atoms with Gasteiger partial charge in [0.25, 0.3) is 0 Å². The Kier molecular flexibility index (Phi) is 3.18. The maximum absolute atomic E-state index is 11.5. The zero-order valence-electron chi connectivity index (χ0n) is 9.17. The molecule has 0 saturated heterocycles. The van der Waals surface area contributed by atoms with Crippen LogP contribution >= 0.6 is 0 Å². The molecule has 17 heavy (non-hydrogen) atoms. The molecule has 0 saturated carbocycles. The number of carbonyl (C=O) groups is 1. The summed E-state index contributed by atoms with van der Waals surface area (Å²) in [6.07, 6.45) is 1.86. The standard InChI is InChI=1S/C12H12N2O3/c15-11-8-13-14(7-3-6-12(16)17)10-5-2-1-4-9(10)11/h1-2,4-5,8H,3,6-7H2,(H,16,17). The maximum atomic E-state index is 11.5. The third kappa shape index (κ3) is 2.50. The zero-order valence-corrected chi connectivity index (χ0v) is 9.17. The zero-order chi connectivity index (χ0) is 12.3. The van der Waals surface area contributed by atoms with Gasteiger partial charge >= 0.3 is 5.97 Å². The summed E-state index contributed by atoms with van der Waals surface area (Å²) >= 11 is 0. The Labute approximate surface area is 97.3 Å². The molecule has 1 heterocycles. The van der Waals surface area contributed by atoms with Crippen molar-refractivity contribution < 1.29 is 9.90 Å². The van der Waals surface area contributed by atoms with Crippen LogP contribution in [0.3, 0.4) is 0 Å². The van der Waals surface area contributed by atoms with Crippen LogP contribution in [-0.4, -0.2) is 20.9 Å². The lowest BCUT2D eigenvalue weighted by molar-refractivity contribution is -0.137. The van der Waals surface area contributed by atoms with Gasteiger partial charge < -0.3 is 5.11 Å². The van der Waals surface area contributed by atoms with E-state index >= 15 is 0 Å². The van der Waals surface area contributed by atoms with E-state index in [4.69, 9.17) is 5.11 Å². The second kappa shape index (κ2) is 4.78. The SMILES string of the molecule is O=C(O)CCCn1ncc(=O)c2ccccc21. The van der Waals surface area contributed by atoms with Crippen molar-refractivity contribution in [2.75, 3.05) is 0 Å². The number of rotatable bonds is 4. The molecular weight excluding hydrogens is 220 g/mol. The monoisotopic (exact) mass is 232 g/mol. The highest BCUT2D eigenvalue weighted by atomic mass is 16.4. The van der Waals surface area contributed by atoms with Gasteiger partial charge in [0.15, 0.2) is 0 Å². The van der Waals surface area contributed by atoms with Crippen molar-refractivity contribution in [3.8, 4) is 0 Å². The Hall–Kier alpha value is -2.17. The molecule has 5 heteroatoms. The number of nitrogens with zero attached hydrogens (tertiary/aromatic N) is 2. The predicted molar refractivity (Wildman–Crippen MR) is 62.9 cm³/mol. The second-order valence-electron chi connectivity index (χ2n) is 3.75. The molecule has 2 aromatic rings. The van der Waals surface area contributed by atoms with E-state index in [1.165, 1.54) is 6.20 Å². The van der Waals surface area contributed by atoms with E-state index in [9.17, 15) is 9.59 Å². The van der Waals surface area contributed by atoms with Crippen molar-refractivity contribution in [2.24, 2.45) is 0 Å². The van der Waals surface area contributed by atoms with Crippen LogP contribution in [0.25, 0.3) is 10.9 Å².